The van der Waals surface area contributed by atoms with Crippen LogP contribution in [0.3, 0.4) is 0 Å². The van der Waals surface area contributed by atoms with E-state index in [4.69, 9.17) is 9.26 Å². The van der Waals surface area contributed by atoms with E-state index in [-0.39, 0.29) is 0 Å². The van der Waals surface area contributed by atoms with E-state index in [0.29, 0.717) is 6.54 Å². The standard InChI is InChI=1S/C15H18N2O3/c1-15(2,3)20-14(18)16-8-11-4-6-12(7-5-11)13-9-17-19-10-13/h4-7,9-10H,8H2,1-3H3,(H,16,18). The van der Waals surface area contributed by atoms with E-state index in [2.05, 4.69) is 10.5 Å². The van der Waals surface area contributed by atoms with Gasteiger partial charge in [-0.2, -0.15) is 0 Å². The molecular weight excluding hydrogens is 256 g/mol. The number of benzene rings is 1. The highest BCUT2D eigenvalue weighted by atomic mass is 16.6. The van der Waals surface area contributed by atoms with Crippen LogP contribution in [-0.2, 0) is 11.3 Å². The smallest absolute Gasteiger partial charge is 0.407 e. The van der Waals surface area contributed by atoms with Crippen molar-refractivity contribution in [3.05, 3.63) is 42.3 Å². The number of alkyl carbamates (subject to hydrolysis) is 1. The summed E-state index contributed by atoms with van der Waals surface area (Å²) in [6.45, 7) is 5.93. The molecule has 20 heavy (non-hydrogen) atoms. The lowest BCUT2D eigenvalue weighted by molar-refractivity contribution is 0.0523. The second kappa shape index (κ2) is 5.77. The van der Waals surface area contributed by atoms with Crippen molar-refractivity contribution in [3.63, 3.8) is 0 Å². The monoisotopic (exact) mass is 274 g/mol. The number of carbonyl (C=O) groups excluding carboxylic acids is 1. The molecule has 1 aromatic heterocycles. The molecule has 1 amide bonds. The number of carbonyl (C=O) groups is 1. The van der Waals surface area contributed by atoms with E-state index >= 15 is 0 Å². The minimum absolute atomic E-state index is 0.416. The molecule has 0 saturated heterocycles. The summed E-state index contributed by atoms with van der Waals surface area (Å²) in [6, 6.07) is 7.80. The first-order chi connectivity index (χ1) is 9.44. The summed E-state index contributed by atoms with van der Waals surface area (Å²) in [6.07, 6.45) is 2.84. The van der Waals surface area contributed by atoms with Gasteiger partial charge in [0.25, 0.3) is 0 Å². The summed E-state index contributed by atoms with van der Waals surface area (Å²) in [5.41, 5.74) is 2.46. The summed E-state index contributed by atoms with van der Waals surface area (Å²) in [7, 11) is 0. The Labute approximate surface area is 117 Å². The lowest BCUT2D eigenvalue weighted by Gasteiger charge is -2.19. The molecule has 0 spiro atoms. The van der Waals surface area contributed by atoms with Crippen LogP contribution in [0, 0.1) is 0 Å². The van der Waals surface area contributed by atoms with E-state index in [1.165, 1.54) is 0 Å². The third kappa shape index (κ3) is 4.12. The van der Waals surface area contributed by atoms with Crippen molar-refractivity contribution >= 4 is 6.09 Å². The fraction of sp³-hybridized carbons (Fsp3) is 0.333. The van der Waals surface area contributed by atoms with Crippen LogP contribution in [-0.4, -0.2) is 16.9 Å². The Morgan fingerprint density at radius 1 is 1.25 bits per heavy atom. The molecule has 106 valence electrons. The normalized spacial score (nSPS) is 11.2. The van der Waals surface area contributed by atoms with Crippen LogP contribution in [0.5, 0.6) is 0 Å². The number of hydrogen-bond donors (Lipinski definition) is 1. The average molecular weight is 274 g/mol. The highest BCUT2D eigenvalue weighted by molar-refractivity contribution is 5.67. The number of ether oxygens (including phenoxy) is 1. The van der Waals surface area contributed by atoms with Gasteiger partial charge in [0, 0.05) is 12.1 Å². The molecule has 0 unspecified atom stereocenters. The molecular formula is C15H18N2O3. The van der Waals surface area contributed by atoms with Gasteiger partial charge >= 0.3 is 6.09 Å². The van der Waals surface area contributed by atoms with Crippen LogP contribution in [0.1, 0.15) is 26.3 Å². The highest BCUT2D eigenvalue weighted by Crippen LogP contribution is 2.18. The van der Waals surface area contributed by atoms with Crippen molar-refractivity contribution in [3.8, 4) is 11.1 Å². The second-order valence-electron chi connectivity index (χ2n) is 5.47. The van der Waals surface area contributed by atoms with E-state index < -0.39 is 11.7 Å². The minimum atomic E-state index is -0.484. The molecule has 0 radical (unpaired) electrons. The van der Waals surface area contributed by atoms with Gasteiger partial charge in [-0.15, -0.1) is 0 Å². The van der Waals surface area contributed by atoms with Gasteiger partial charge in [0.05, 0.1) is 6.20 Å². The highest BCUT2D eigenvalue weighted by Gasteiger charge is 2.15. The SMILES string of the molecule is CC(C)(C)OC(=O)NCc1ccc(-c2cnoc2)cc1. The van der Waals surface area contributed by atoms with Crippen LogP contribution in [0.4, 0.5) is 4.79 Å². The van der Waals surface area contributed by atoms with E-state index in [0.717, 1.165) is 16.7 Å². The van der Waals surface area contributed by atoms with Gasteiger partial charge in [-0.25, -0.2) is 4.79 Å². The zero-order chi connectivity index (χ0) is 14.6. The summed E-state index contributed by atoms with van der Waals surface area (Å²) in [4.78, 5) is 11.5. The molecule has 1 aromatic carbocycles. The van der Waals surface area contributed by atoms with Gasteiger partial charge in [-0.1, -0.05) is 29.4 Å². The Morgan fingerprint density at radius 3 is 2.50 bits per heavy atom. The Morgan fingerprint density at radius 2 is 1.95 bits per heavy atom. The number of rotatable bonds is 3. The van der Waals surface area contributed by atoms with Gasteiger partial charge in [-0.05, 0) is 31.9 Å². The summed E-state index contributed by atoms with van der Waals surface area (Å²) < 4.78 is 9.97. The molecule has 1 N–H and O–H groups in total. The van der Waals surface area contributed by atoms with Gasteiger partial charge in [0.15, 0.2) is 0 Å². The Bertz CT molecular complexity index is 554. The molecule has 0 atom stereocenters. The van der Waals surface area contributed by atoms with Crippen LogP contribution in [0.2, 0.25) is 0 Å². The third-order valence-electron chi connectivity index (χ3n) is 2.56. The number of amides is 1. The Kier molecular flexibility index (Phi) is 4.08. The van der Waals surface area contributed by atoms with Gasteiger partial charge in [0.2, 0.25) is 0 Å². The number of aromatic nitrogens is 1. The Hall–Kier alpha value is -2.30. The summed E-state index contributed by atoms with van der Waals surface area (Å²) >= 11 is 0. The molecule has 5 nitrogen and oxygen atoms in total. The fourth-order valence-corrected chi connectivity index (χ4v) is 1.65. The number of nitrogens with zero attached hydrogens (tertiary/aromatic N) is 1. The predicted octanol–water partition coefficient (Wildman–Crippen LogP) is 3.37. The van der Waals surface area contributed by atoms with Crippen molar-refractivity contribution in [1.29, 1.82) is 0 Å². The van der Waals surface area contributed by atoms with Gasteiger partial charge < -0.3 is 14.6 Å². The first-order valence-corrected chi connectivity index (χ1v) is 6.39. The van der Waals surface area contributed by atoms with Crippen LogP contribution < -0.4 is 5.32 Å². The zero-order valence-electron chi connectivity index (χ0n) is 11.8. The molecule has 0 bridgehead atoms. The maximum atomic E-state index is 11.5. The first kappa shape index (κ1) is 14.1. The van der Waals surface area contributed by atoms with Crippen molar-refractivity contribution < 1.29 is 14.1 Å². The molecule has 1 heterocycles. The molecule has 0 aliphatic heterocycles. The second-order valence-corrected chi connectivity index (χ2v) is 5.47. The maximum Gasteiger partial charge on any atom is 0.407 e. The maximum absolute atomic E-state index is 11.5. The van der Waals surface area contributed by atoms with Crippen LogP contribution in [0.25, 0.3) is 11.1 Å². The predicted molar refractivity (Wildman–Crippen MR) is 75.0 cm³/mol. The summed E-state index contributed by atoms with van der Waals surface area (Å²) in [5, 5.41) is 6.38. The number of nitrogens with one attached hydrogen (secondary N) is 1. The van der Waals surface area contributed by atoms with E-state index in [1.54, 1.807) is 12.5 Å². The molecule has 0 fully saturated rings. The summed E-state index contributed by atoms with van der Waals surface area (Å²) in [5.74, 6) is 0. The van der Waals surface area contributed by atoms with Crippen LogP contribution in [0.15, 0.2) is 41.2 Å². The molecule has 5 heteroatoms. The van der Waals surface area contributed by atoms with Crippen molar-refractivity contribution in [2.24, 2.45) is 0 Å². The lowest BCUT2D eigenvalue weighted by Crippen LogP contribution is -2.32. The van der Waals surface area contributed by atoms with Crippen molar-refractivity contribution in [1.82, 2.24) is 10.5 Å². The molecule has 0 aliphatic carbocycles. The quantitative estimate of drug-likeness (QED) is 0.932. The topological polar surface area (TPSA) is 64.4 Å². The van der Waals surface area contributed by atoms with Crippen molar-refractivity contribution in [2.45, 2.75) is 32.9 Å². The van der Waals surface area contributed by atoms with E-state index in [1.807, 2.05) is 45.0 Å². The fourth-order valence-electron chi connectivity index (χ4n) is 1.65. The molecule has 0 aliphatic rings. The molecule has 0 saturated carbocycles. The lowest BCUT2D eigenvalue weighted by atomic mass is 10.1. The molecule has 2 aromatic rings. The minimum Gasteiger partial charge on any atom is -0.444 e. The van der Waals surface area contributed by atoms with Crippen LogP contribution >= 0.6 is 0 Å². The zero-order valence-corrected chi connectivity index (χ0v) is 11.8. The number of hydrogen-bond acceptors (Lipinski definition) is 4. The first-order valence-electron chi connectivity index (χ1n) is 6.39. The molecule has 2 rings (SSSR count). The third-order valence-corrected chi connectivity index (χ3v) is 2.56. The van der Waals surface area contributed by atoms with Gasteiger partial charge in [-0.3, -0.25) is 0 Å². The van der Waals surface area contributed by atoms with E-state index in [9.17, 15) is 4.79 Å². The Balaban J connectivity index is 1.90. The van der Waals surface area contributed by atoms with Crippen molar-refractivity contribution in [2.75, 3.05) is 0 Å². The average Bonchev–Trinajstić information content (AvgIpc) is 2.89. The largest absolute Gasteiger partial charge is 0.444 e. The van der Waals surface area contributed by atoms with Gasteiger partial charge in [0.1, 0.15) is 11.9 Å².